The van der Waals surface area contributed by atoms with Gasteiger partial charge in [0.25, 0.3) is 5.91 Å². The van der Waals surface area contributed by atoms with Gasteiger partial charge in [0.2, 0.25) is 11.8 Å². The highest BCUT2D eigenvalue weighted by molar-refractivity contribution is 5.95. The molecule has 2 aromatic rings. The van der Waals surface area contributed by atoms with Crippen molar-refractivity contribution in [3.8, 4) is 0 Å². The number of piperazine rings is 1. The highest BCUT2D eigenvalue weighted by atomic mass is 16.2. The first kappa shape index (κ1) is 25.3. The number of nitrogens with one attached hydrogen (secondary N) is 1. The Morgan fingerprint density at radius 2 is 1.47 bits per heavy atom. The van der Waals surface area contributed by atoms with E-state index in [1.165, 1.54) is 0 Å². The zero-order valence-corrected chi connectivity index (χ0v) is 20.9. The molecular formula is C27H36N4O3. The molecule has 0 unspecified atom stereocenters. The van der Waals surface area contributed by atoms with E-state index in [0.717, 1.165) is 29.9 Å². The van der Waals surface area contributed by atoms with E-state index in [4.69, 9.17) is 0 Å². The summed E-state index contributed by atoms with van der Waals surface area (Å²) in [6, 6.07) is 15.4. The van der Waals surface area contributed by atoms with Crippen LogP contribution in [-0.4, -0.2) is 66.3 Å². The molecule has 7 heteroatoms. The number of rotatable bonds is 7. The third kappa shape index (κ3) is 6.37. The second-order valence-corrected chi connectivity index (χ2v) is 9.45. The largest absolute Gasteiger partial charge is 0.368 e. The van der Waals surface area contributed by atoms with Gasteiger partial charge in [-0.2, -0.15) is 0 Å². The molecule has 34 heavy (non-hydrogen) atoms. The molecule has 182 valence electrons. The number of carbonyl (C=O) groups excluding carboxylic acids is 3. The molecule has 3 amide bonds. The van der Waals surface area contributed by atoms with Gasteiger partial charge in [-0.15, -0.1) is 0 Å². The van der Waals surface area contributed by atoms with Crippen molar-refractivity contribution in [1.29, 1.82) is 0 Å². The number of aryl methyl sites for hydroxylation is 1. The van der Waals surface area contributed by atoms with E-state index in [1.807, 2.05) is 88.0 Å². The maximum Gasteiger partial charge on any atom is 0.253 e. The van der Waals surface area contributed by atoms with Crippen LogP contribution in [0.5, 0.6) is 0 Å². The highest BCUT2D eigenvalue weighted by Gasteiger charge is 2.24. The van der Waals surface area contributed by atoms with Crippen molar-refractivity contribution in [2.45, 2.75) is 40.7 Å². The van der Waals surface area contributed by atoms with Crippen LogP contribution in [0.4, 0.5) is 11.4 Å². The fourth-order valence-corrected chi connectivity index (χ4v) is 4.00. The third-order valence-corrected chi connectivity index (χ3v) is 6.10. The second-order valence-electron chi connectivity index (χ2n) is 9.45. The van der Waals surface area contributed by atoms with Gasteiger partial charge in [0, 0.05) is 55.1 Å². The van der Waals surface area contributed by atoms with Crippen LogP contribution in [0.25, 0.3) is 0 Å². The molecule has 0 aromatic heterocycles. The average molecular weight is 465 g/mol. The van der Waals surface area contributed by atoms with Gasteiger partial charge in [0.1, 0.15) is 6.54 Å². The number of benzene rings is 2. The maximum absolute atomic E-state index is 12.7. The highest BCUT2D eigenvalue weighted by Crippen LogP contribution is 2.20. The standard InChI is InChI=1S/C27H36N4O3/c1-19(2)26(33)31(20(3)4)18-25(32)28-23-10-12-24(13-11-23)29-14-16-30(17-15-29)27(34)22-8-6-21(5)7-9-22/h6-13,19-20H,14-18H2,1-5H3,(H,28,32). The molecule has 1 aliphatic heterocycles. The molecule has 7 nitrogen and oxygen atoms in total. The lowest BCUT2D eigenvalue weighted by molar-refractivity contribution is -0.139. The lowest BCUT2D eigenvalue weighted by Crippen LogP contribution is -2.48. The summed E-state index contributed by atoms with van der Waals surface area (Å²) in [7, 11) is 0. The Bertz CT molecular complexity index is 992. The Balaban J connectivity index is 1.53. The molecule has 0 spiro atoms. The maximum atomic E-state index is 12.7. The summed E-state index contributed by atoms with van der Waals surface area (Å²) in [6.07, 6.45) is 0. The predicted octanol–water partition coefficient (Wildman–Crippen LogP) is 3.79. The molecule has 1 aliphatic rings. The van der Waals surface area contributed by atoms with Gasteiger partial charge in [-0.25, -0.2) is 0 Å². The number of hydrogen-bond donors (Lipinski definition) is 1. The van der Waals surface area contributed by atoms with Crippen LogP contribution in [0.1, 0.15) is 43.6 Å². The third-order valence-electron chi connectivity index (χ3n) is 6.10. The fourth-order valence-electron chi connectivity index (χ4n) is 4.00. The monoisotopic (exact) mass is 464 g/mol. The van der Waals surface area contributed by atoms with Gasteiger partial charge in [0.05, 0.1) is 0 Å². The first-order chi connectivity index (χ1) is 16.2. The Labute approximate surface area is 202 Å². The summed E-state index contributed by atoms with van der Waals surface area (Å²) >= 11 is 0. The molecule has 0 saturated carbocycles. The quantitative estimate of drug-likeness (QED) is 0.677. The SMILES string of the molecule is Cc1ccc(C(=O)N2CCN(c3ccc(NC(=O)CN(C(=O)C(C)C)C(C)C)cc3)CC2)cc1. The van der Waals surface area contributed by atoms with Crippen molar-refractivity contribution in [2.75, 3.05) is 42.9 Å². The lowest BCUT2D eigenvalue weighted by Gasteiger charge is -2.36. The van der Waals surface area contributed by atoms with Crippen LogP contribution in [0.15, 0.2) is 48.5 Å². The minimum absolute atomic E-state index is 0.0273. The normalized spacial score (nSPS) is 13.9. The predicted molar refractivity (Wildman–Crippen MR) is 136 cm³/mol. The minimum Gasteiger partial charge on any atom is -0.368 e. The minimum atomic E-state index is -0.210. The molecule has 1 saturated heterocycles. The molecule has 0 atom stereocenters. The number of nitrogens with zero attached hydrogens (tertiary/aromatic N) is 3. The average Bonchev–Trinajstić information content (AvgIpc) is 2.82. The zero-order chi connectivity index (χ0) is 24.8. The molecule has 1 heterocycles. The second kappa shape index (κ2) is 11.2. The van der Waals surface area contributed by atoms with Gasteiger partial charge in [-0.3, -0.25) is 14.4 Å². The van der Waals surface area contributed by atoms with Gasteiger partial charge < -0.3 is 20.0 Å². The summed E-state index contributed by atoms with van der Waals surface area (Å²) in [4.78, 5) is 43.4. The van der Waals surface area contributed by atoms with E-state index < -0.39 is 0 Å². The van der Waals surface area contributed by atoms with Crippen LogP contribution >= 0.6 is 0 Å². The molecule has 0 bridgehead atoms. The van der Waals surface area contributed by atoms with E-state index >= 15 is 0 Å². The van der Waals surface area contributed by atoms with E-state index in [-0.39, 0.29) is 36.2 Å². The summed E-state index contributed by atoms with van der Waals surface area (Å²) in [5.74, 6) is -0.314. The van der Waals surface area contributed by atoms with Crippen LogP contribution in [0.2, 0.25) is 0 Å². The van der Waals surface area contributed by atoms with Crippen molar-refractivity contribution in [3.05, 3.63) is 59.7 Å². The van der Waals surface area contributed by atoms with Crippen LogP contribution < -0.4 is 10.2 Å². The van der Waals surface area contributed by atoms with Gasteiger partial charge >= 0.3 is 0 Å². The number of anilines is 2. The summed E-state index contributed by atoms with van der Waals surface area (Å²) in [5, 5.41) is 2.89. The van der Waals surface area contributed by atoms with E-state index in [0.29, 0.717) is 18.8 Å². The van der Waals surface area contributed by atoms with E-state index in [9.17, 15) is 14.4 Å². The summed E-state index contributed by atoms with van der Waals surface area (Å²) < 4.78 is 0. The van der Waals surface area contributed by atoms with Crippen LogP contribution in [0, 0.1) is 12.8 Å². The van der Waals surface area contributed by atoms with Gasteiger partial charge in [-0.05, 0) is 57.2 Å². The van der Waals surface area contributed by atoms with Crippen LogP contribution in [0.3, 0.4) is 0 Å². The molecule has 1 N–H and O–H groups in total. The van der Waals surface area contributed by atoms with Crippen molar-refractivity contribution in [2.24, 2.45) is 5.92 Å². The van der Waals surface area contributed by atoms with Crippen molar-refractivity contribution >= 4 is 29.1 Å². The summed E-state index contributed by atoms with van der Waals surface area (Å²) in [6.45, 7) is 12.4. The summed E-state index contributed by atoms with van der Waals surface area (Å²) in [5.41, 5.74) is 3.62. The molecule has 1 fully saturated rings. The van der Waals surface area contributed by atoms with Gasteiger partial charge in [-0.1, -0.05) is 31.5 Å². The number of hydrogen-bond acceptors (Lipinski definition) is 4. The first-order valence-corrected chi connectivity index (χ1v) is 12.0. The lowest BCUT2D eigenvalue weighted by atomic mass is 10.1. The molecule has 2 aromatic carbocycles. The zero-order valence-electron chi connectivity index (χ0n) is 20.9. The van der Waals surface area contributed by atoms with Crippen molar-refractivity contribution < 1.29 is 14.4 Å². The Morgan fingerprint density at radius 3 is 2.00 bits per heavy atom. The Hall–Kier alpha value is -3.35. The fraction of sp³-hybridized carbons (Fsp3) is 0.444. The Morgan fingerprint density at radius 1 is 0.882 bits per heavy atom. The van der Waals surface area contributed by atoms with Crippen molar-refractivity contribution in [3.63, 3.8) is 0 Å². The Kier molecular flexibility index (Phi) is 8.31. The van der Waals surface area contributed by atoms with Crippen molar-refractivity contribution in [1.82, 2.24) is 9.80 Å². The smallest absolute Gasteiger partial charge is 0.253 e. The molecule has 3 rings (SSSR count). The van der Waals surface area contributed by atoms with E-state index in [2.05, 4.69) is 10.2 Å². The number of carbonyl (C=O) groups is 3. The molecule has 0 aliphatic carbocycles. The van der Waals surface area contributed by atoms with Crippen LogP contribution in [-0.2, 0) is 9.59 Å². The van der Waals surface area contributed by atoms with E-state index in [1.54, 1.807) is 4.90 Å². The first-order valence-electron chi connectivity index (χ1n) is 12.0. The van der Waals surface area contributed by atoms with Gasteiger partial charge in [0.15, 0.2) is 0 Å². The topological polar surface area (TPSA) is 73.0 Å². The number of amides is 3. The molecular weight excluding hydrogens is 428 g/mol. The molecule has 0 radical (unpaired) electrons.